The van der Waals surface area contributed by atoms with Gasteiger partial charge in [-0.05, 0) is 62.6 Å². The highest BCUT2D eigenvalue weighted by atomic mass is 127. The fourth-order valence-corrected chi connectivity index (χ4v) is 4.06. The van der Waals surface area contributed by atoms with Crippen LogP contribution in [-0.2, 0) is 6.54 Å². The van der Waals surface area contributed by atoms with Crippen LogP contribution in [0, 0.1) is 5.41 Å². The summed E-state index contributed by atoms with van der Waals surface area (Å²) in [6.07, 6.45) is 7.84. The second-order valence-electron chi connectivity index (χ2n) is 8.57. The molecule has 4 N–H and O–H groups in total. The van der Waals surface area contributed by atoms with Gasteiger partial charge < -0.3 is 21.1 Å². The predicted molar refractivity (Wildman–Crippen MR) is 139 cm³/mol. The summed E-state index contributed by atoms with van der Waals surface area (Å²) in [5, 5.41) is 19.4. The number of aliphatic hydroxyl groups is 1. The van der Waals surface area contributed by atoms with Crippen LogP contribution in [0.1, 0.15) is 81.6 Å². The standard InChI is InChI=1S/C24H40N4O2.HI/c1-4-19(3)28-22(30)21-11-9-10-20(16-21)17-26-23(25-5-2)27-18-24(14-15-29)12-7-6-8-13-24;/h9-11,16,19,29H,4-8,12-15,17-18H2,1-3H3,(H,28,30)(H2,25,26,27);1H. The van der Waals surface area contributed by atoms with Crippen molar-refractivity contribution < 1.29 is 9.90 Å². The smallest absolute Gasteiger partial charge is 0.251 e. The number of guanidine groups is 1. The third-order valence-electron chi connectivity index (χ3n) is 6.13. The fraction of sp³-hybridized carbons (Fsp3) is 0.667. The van der Waals surface area contributed by atoms with E-state index in [0.717, 1.165) is 50.3 Å². The van der Waals surface area contributed by atoms with E-state index < -0.39 is 0 Å². The van der Waals surface area contributed by atoms with E-state index in [1.54, 1.807) is 0 Å². The Kier molecular flexibility index (Phi) is 13.1. The Hall–Kier alpha value is -1.35. The van der Waals surface area contributed by atoms with Gasteiger partial charge in [0.15, 0.2) is 5.96 Å². The molecule has 1 saturated carbocycles. The number of halogens is 1. The molecule has 0 heterocycles. The first kappa shape index (κ1) is 27.7. The molecule has 1 aromatic rings. The molecule has 2 rings (SSSR count). The van der Waals surface area contributed by atoms with Crippen LogP contribution in [0.25, 0.3) is 0 Å². The molecule has 7 heteroatoms. The first-order chi connectivity index (χ1) is 14.5. The molecule has 1 aliphatic carbocycles. The number of aliphatic imine (C=N–C) groups is 1. The molecule has 1 aromatic carbocycles. The van der Waals surface area contributed by atoms with Gasteiger partial charge in [-0.3, -0.25) is 4.79 Å². The number of benzene rings is 1. The van der Waals surface area contributed by atoms with Crippen LogP contribution in [0.3, 0.4) is 0 Å². The number of carbonyl (C=O) groups is 1. The van der Waals surface area contributed by atoms with Crippen molar-refractivity contribution >= 4 is 35.8 Å². The average Bonchev–Trinajstić information content (AvgIpc) is 2.76. The third kappa shape index (κ3) is 9.35. The zero-order chi connectivity index (χ0) is 21.8. The largest absolute Gasteiger partial charge is 0.396 e. The quantitative estimate of drug-likeness (QED) is 0.202. The van der Waals surface area contributed by atoms with Gasteiger partial charge >= 0.3 is 0 Å². The second kappa shape index (κ2) is 14.7. The normalized spacial score (nSPS) is 16.7. The zero-order valence-corrected chi connectivity index (χ0v) is 21.7. The summed E-state index contributed by atoms with van der Waals surface area (Å²) in [4.78, 5) is 17.1. The number of nitrogens with one attached hydrogen (secondary N) is 3. The molecule has 1 unspecified atom stereocenters. The maximum Gasteiger partial charge on any atom is 0.251 e. The third-order valence-corrected chi connectivity index (χ3v) is 6.13. The van der Waals surface area contributed by atoms with E-state index in [1.807, 2.05) is 31.2 Å². The number of carbonyl (C=O) groups excluding carboxylic acids is 1. The second-order valence-corrected chi connectivity index (χ2v) is 8.57. The van der Waals surface area contributed by atoms with E-state index in [4.69, 9.17) is 4.99 Å². The lowest BCUT2D eigenvalue weighted by molar-refractivity contribution is 0.0939. The van der Waals surface area contributed by atoms with Crippen molar-refractivity contribution in [3.05, 3.63) is 35.4 Å². The van der Waals surface area contributed by atoms with Crippen molar-refractivity contribution in [3.63, 3.8) is 0 Å². The number of rotatable bonds is 10. The number of nitrogens with zero attached hydrogens (tertiary/aromatic N) is 1. The summed E-state index contributed by atoms with van der Waals surface area (Å²) in [6, 6.07) is 7.83. The van der Waals surface area contributed by atoms with E-state index in [0.29, 0.717) is 12.1 Å². The Morgan fingerprint density at radius 3 is 2.58 bits per heavy atom. The van der Waals surface area contributed by atoms with Gasteiger partial charge in [0.1, 0.15) is 0 Å². The van der Waals surface area contributed by atoms with Gasteiger partial charge in [0.25, 0.3) is 5.91 Å². The Morgan fingerprint density at radius 2 is 1.94 bits per heavy atom. The van der Waals surface area contributed by atoms with Crippen LogP contribution in [0.15, 0.2) is 29.3 Å². The van der Waals surface area contributed by atoms with Gasteiger partial charge in [0.2, 0.25) is 0 Å². The lowest BCUT2D eigenvalue weighted by Gasteiger charge is -2.37. The van der Waals surface area contributed by atoms with Crippen LogP contribution in [0.2, 0.25) is 0 Å². The summed E-state index contributed by atoms with van der Waals surface area (Å²) in [5.41, 5.74) is 1.84. The number of aliphatic hydroxyl groups excluding tert-OH is 1. The van der Waals surface area contributed by atoms with Gasteiger partial charge in [-0.2, -0.15) is 0 Å². The molecule has 0 aliphatic heterocycles. The number of hydrogen-bond acceptors (Lipinski definition) is 3. The summed E-state index contributed by atoms with van der Waals surface area (Å²) in [7, 11) is 0. The minimum absolute atomic E-state index is 0. The topological polar surface area (TPSA) is 85.8 Å². The van der Waals surface area contributed by atoms with E-state index in [2.05, 4.69) is 29.8 Å². The zero-order valence-electron chi connectivity index (χ0n) is 19.4. The van der Waals surface area contributed by atoms with Crippen LogP contribution in [-0.4, -0.2) is 42.7 Å². The van der Waals surface area contributed by atoms with Crippen LogP contribution < -0.4 is 16.0 Å². The van der Waals surface area contributed by atoms with Gasteiger partial charge in [-0.15, -0.1) is 24.0 Å². The summed E-state index contributed by atoms with van der Waals surface area (Å²) >= 11 is 0. The maximum atomic E-state index is 12.4. The van der Waals surface area contributed by atoms with Gasteiger partial charge in [0, 0.05) is 31.3 Å². The van der Waals surface area contributed by atoms with Gasteiger partial charge in [0.05, 0.1) is 6.54 Å². The summed E-state index contributed by atoms with van der Waals surface area (Å²) in [6.45, 7) is 8.49. The average molecular weight is 545 g/mol. The Labute approximate surface area is 205 Å². The SMILES string of the molecule is CCNC(=NCc1cccc(C(=O)NC(C)CC)c1)NCC1(CCO)CCCCC1.I. The van der Waals surface area contributed by atoms with Crippen molar-refractivity contribution in [2.75, 3.05) is 19.7 Å². The molecule has 0 spiro atoms. The van der Waals surface area contributed by atoms with Crippen LogP contribution in [0.4, 0.5) is 0 Å². The molecule has 0 aromatic heterocycles. The van der Waals surface area contributed by atoms with Crippen LogP contribution >= 0.6 is 24.0 Å². The molecular formula is C24H41IN4O2. The monoisotopic (exact) mass is 544 g/mol. The first-order valence-corrected chi connectivity index (χ1v) is 11.5. The Balaban J connectivity index is 0.00000480. The van der Waals surface area contributed by atoms with Crippen molar-refractivity contribution in [2.45, 2.75) is 78.3 Å². The molecule has 6 nitrogen and oxygen atoms in total. The minimum atomic E-state index is -0.0385. The highest BCUT2D eigenvalue weighted by Gasteiger charge is 2.31. The van der Waals surface area contributed by atoms with E-state index in [1.165, 1.54) is 19.3 Å². The molecule has 176 valence electrons. The summed E-state index contributed by atoms with van der Waals surface area (Å²) < 4.78 is 0. The molecular weight excluding hydrogens is 503 g/mol. The maximum absolute atomic E-state index is 12.4. The Bertz CT molecular complexity index is 684. The molecule has 1 fully saturated rings. The Morgan fingerprint density at radius 1 is 1.19 bits per heavy atom. The van der Waals surface area contributed by atoms with Crippen molar-refractivity contribution in [2.24, 2.45) is 10.4 Å². The van der Waals surface area contributed by atoms with Crippen LogP contribution in [0.5, 0.6) is 0 Å². The van der Waals surface area contributed by atoms with Crippen molar-refractivity contribution in [1.29, 1.82) is 0 Å². The van der Waals surface area contributed by atoms with Crippen molar-refractivity contribution in [1.82, 2.24) is 16.0 Å². The summed E-state index contributed by atoms with van der Waals surface area (Å²) in [5.74, 6) is 0.748. The first-order valence-electron chi connectivity index (χ1n) is 11.5. The van der Waals surface area contributed by atoms with E-state index in [-0.39, 0.29) is 47.9 Å². The van der Waals surface area contributed by atoms with Gasteiger partial charge in [-0.25, -0.2) is 4.99 Å². The van der Waals surface area contributed by atoms with E-state index >= 15 is 0 Å². The molecule has 1 atom stereocenters. The highest BCUT2D eigenvalue weighted by Crippen LogP contribution is 2.38. The minimum Gasteiger partial charge on any atom is -0.396 e. The van der Waals surface area contributed by atoms with Gasteiger partial charge in [-0.1, -0.05) is 38.3 Å². The lowest BCUT2D eigenvalue weighted by atomic mass is 9.72. The predicted octanol–water partition coefficient (Wildman–Crippen LogP) is 4.22. The highest BCUT2D eigenvalue weighted by molar-refractivity contribution is 14.0. The number of hydrogen-bond donors (Lipinski definition) is 4. The molecule has 31 heavy (non-hydrogen) atoms. The molecule has 1 aliphatic rings. The van der Waals surface area contributed by atoms with E-state index in [9.17, 15) is 9.90 Å². The van der Waals surface area contributed by atoms with Crippen molar-refractivity contribution in [3.8, 4) is 0 Å². The molecule has 0 bridgehead atoms. The fourth-order valence-electron chi connectivity index (χ4n) is 4.06. The molecule has 1 amide bonds. The number of amides is 1. The molecule has 0 radical (unpaired) electrons. The molecule has 0 saturated heterocycles. The lowest BCUT2D eigenvalue weighted by Crippen LogP contribution is -2.44.